The Morgan fingerprint density at radius 1 is 0.750 bits per heavy atom. The number of likely N-dealkylation sites (tertiary alicyclic amines) is 1. The van der Waals surface area contributed by atoms with Gasteiger partial charge in [-0.05, 0) is 55.3 Å². The van der Waals surface area contributed by atoms with Crippen molar-refractivity contribution in [2.75, 3.05) is 41.5 Å². The highest BCUT2D eigenvalue weighted by molar-refractivity contribution is 6.00. The lowest BCUT2D eigenvalue weighted by atomic mass is 9.96. The molecule has 0 unspecified atom stereocenters. The maximum atomic E-state index is 12.8. The molecule has 0 bridgehead atoms. The molecular formula is C27H29N5O4. The van der Waals surface area contributed by atoms with E-state index in [1.165, 1.54) is 0 Å². The molecule has 0 atom stereocenters. The molecule has 186 valence electrons. The fourth-order valence-electron chi connectivity index (χ4n) is 4.02. The van der Waals surface area contributed by atoms with Gasteiger partial charge in [-0.2, -0.15) is 0 Å². The van der Waals surface area contributed by atoms with E-state index in [0.717, 1.165) is 0 Å². The van der Waals surface area contributed by atoms with E-state index in [1.807, 2.05) is 30.3 Å². The Morgan fingerprint density at radius 3 is 2.08 bits per heavy atom. The highest BCUT2D eigenvalue weighted by Crippen LogP contribution is 2.26. The van der Waals surface area contributed by atoms with Crippen molar-refractivity contribution in [1.29, 1.82) is 0 Å². The summed E-state index contributed by atoms with van der Waals surface area (Å²) in [6.45, 7) is 0.931. The summed E-state index contributed by atoms with van der Waals surface area (Å²) in [5.74, 6) is 0.346. The normalized spacial score (nSPS) is 13.4. The number of hydrogen-bond acceptors (Lipinski definition) is 4. The zero-order valence-corrected chi connectivity index (χ0v) is 20.0. The van der Waals surface area contributed by atoms with Crippen molar-refractivity contribution >= 4 is 40.7 Å². The number of rotatable bonds is 6. The SMILES string of the molecule is COc1ccccc1NC(=O)C1CCN(C(=O)Nc2cccc(NC(=O)Nc3ccccc3)c2)CC1. The Morgan fingerprint density at radius 2 is 1.36 bits per heavy atom. The molecule has 1 aliphatic heterocycles. The zero-order valence-electron chi connectivity index (χ0n) is 20.0. The van der Waals surface area contributed by atoms with E-state index in [0.29, 0.717) is 54.4 Å². The van der Waals surface area contributed by atoms with E-state index in [4.69, 9.17) is 4.74 Å². The average Bonchev–Trinajstić information content (AvgIpc) is 2.89. The zero-order chi connectivity index (χ0) is 25.3. The first-order valence-electron chi connectivity index (χ1n) is 11.7. The van der Waals surface area contributed by atoms with Gasteiger partial charge in [0.25, 0.3) is 0 Å². The van der Waals surface area contributed by atoms with Crippen molar-refractivity contribution in [1.82, 2.24) is 4.90 Å². The first kappa shape index (κ1) is 24.6. The first-order chi connectivity index (χ1) is 17.5. The van der Waals surface area contributed by atoms with E-state index in [1.54, 1.807) is 60.5 Å². The van der Waals surface area contributed by atoms with E-state index in [-0.39, 0.29) is 23.9 Å². The third-order valence-corrected chi connectivity index (χ3v) is 5.92. The van der Waals surface area contributed by atoms with Crippen molar-refractivity contribution in [3.8, 4) is 5.75 Å². The molecule has 1 aliphatic rings. The van der Waals surface area contributed by atoms with Crippen LogP contribution < -0.4 is 26.0 Å². The molecule has 3 aromatic rings. The van der Waals surface area contributed by atoms with Gasteiger partial charge in [-0.1, -0.05) is 36.4 Å². The minimum Gasteiger partial charge on any atom is -0.495 e. The van der Waals surface area contributed by atoms with Crippen molar-refractivity contribution < 1.29 is 19.1 Å². The smallest absolute Gasteiger partial charge is 0.323 e. The minimum atomic E-state index is -0.377. The molecule has 0 aromatic heterocycles. The van der Waals surface area contributed by atoms with Crippen LogP contribution in [0.25, 0.3) is 0 Å². The number of nitrogens with zero attached hydrogens (tertiary/aromatic N) is 1. The van der Waals surface area contributed by atoms with Gasteiger partial charge in [0.15, 0.2) is 0 Å². The molecule has 0 radical (unpaired) electrons. The number of methoxy groups -OCH3 is 1. The predicted octanol–water partition coefficient (Wildman–Crippen LogP) is 5.22. The first-order valence-corrected chi connectivity index (χ1v) is 11.7. The Balaban J connectivity index is 1.26. The molecule has 3 aromatic carbocycles. The van der Waals surface area contributed by atoms with E-state index in [9.17, 15) is 14.4 Å². The average molecular weight is 488 g/mol. The van der Waals surface area contributed by atoms with Gasteiger partial charge in [0.05, 0.1) is 12.8 Å². The lowest BCUT2D eigenvalue weighted by molar-refractivity contribution is -0.121. The number of para-hydroxylation sites is 3. The van der Waals surface area contributed by atoms with Crippen LogP contribution >= 0.6 is 0 Å². The van der Waals surface area contributed by atoms with Gasteiger partial charge in [-0.25, -0.2) is 9.59 Å². The van der Waals surface area contributed by atoms with Crippen LogP contribution in [0.4, 0.5) is 32.3 Å². The lowest BCUT2D eigenvalue weighted by Crippen LogP contribution is -2.43. The number of amides is 5. The summed E-state index contributed by atoms with van der Waals surface area (Å²) in [6, 6.07) is 22.7. The van der Waals surface area contributed by atoms with Crippen LogP contribution in [0.5, 0.6) is 5.75 Å². The second kappa shape index (κ2) is 11.7. The quantitative estimate of drug-likeness (QED) is 0.382. The number of piperidine rings is 1. The van der Waals surface area contributed by atoms with Gasteiger partial charge >= 0.3 is 12.1 Å². The van der Waals surface area contributed by atoms with Gasteiger partial charge in [0.1, 0.15) is 5.75 Å². The number of ether oxygens (including phenoxy) is 1. The molecule has 1 fully saturated rings. The predicted molar refractivity (Wildman–Crippen MR) is 140 cm³/mol. The Kier molecular flexibility index (Phi) is 8.02. The highest BCUT2D eigenvalue weighted by atomic mass is 16.5. The Labute approximate surface area is 209 Å². The molecule has 0 saturated carbocycles. The number of anilines is 4. The molecule has 4 rings (SSSR count). The van der Waals surface area contributed by atoms with Crippen LogP contribution in [-0.4, -0.2) is 43.1 Å². The summed E-state index contributed by atoms with van der Waals surface area (Å²) in [6.07, 6.45) is 1.13. The Bertz CT molecular complexity index is 1210. The Hall–Kier alpha value is -4.53. The number of carbonyl (C=O) groups is 3. The number of urea groups is 2. The number of nitrogens with one attached hydrogen (secondary N) is 4. The fraction of sp³-hybridized carbons (Fsp3) is 0.222. The minimum absolute atomic E-state index is 0.0767. The maximum Gasteiger partial charge on any atom is 0.323 e. The van der Waals surface area contributed by atoms with Crippen molar-refractivity contribution in [3.05, 3.63) is 78.9 Å². The van der Waals surface area contributed by atoms with E-state index < -0.39 is 0 Å². The summed E-state index contributed by atoms with van der Waals surface area (Å²) in [7, 11) is 1.56. The monoisotopic (exact) mass is 487 g/mol. The van der Waals surface area contributed by atoms with Gasteiger partial charge < -0.3 is 30.9 Å². The summed E-state index contributed by atoms with van der Waals surface area (Å²) < 4.78 is 5.29. The molecule has 0 aliphatic carbocycles. The number of benzene rings is 3. The highest BCUT2D eigenvalue weighted by Gasteiger charge is 2.28. The summed E-state index contributed by atoms with van der Waals surface area (Å²) >= 11 is 0. The summed E-state index contributed by atoms with van der Waals surface area (Å²) in [5.41, 5.74) is 2.43. The van der Waals surface area contributed by atoms with Gasteiger partial charge in [0.2, 0.25) is 5.91 Å². The third kappa shape index (κ3) is 6.53. The molecular weight excluding hydrogens is 458 g/mol. The van der Waals surface area contributed by atoms with Crippen LogP contribution in [0.3, 0.4) is 0 Å². The molecule has 9 nitrogen and oxygen atoms in total. The summed E-state index contributed by atoms with van der Waals surface area (Å²) in [5, 5.41) is 11.3. The molecule has 0 spiro atoms. The van der Waals surface area contributed by atoms with E-state index in [2.05, 4.69) is 21.3 Å². The maximum absolute atomic E-state index is 12.8. The van der Waals surface area contributed by atoms with Crippen molar-refractivity contribution in [2.45, 2.75) is 12.8 Å². The fourth-order valence-corrected chi connectivity index (χ4v) is 4.02. The van der Waals surface area contributed by atoms with Crippen LogP contribution in [0.1, 0.15) is 12.8 Å². The second-order valence-corrected chi connectivity index (χ2v) is 8.41. The lowest BCUT2D eigenvalue weighted by Gasteiger charge is -2.31. The molecule has 1 heterocycles. The van der Waals surface area contributed by atoms with Gasteiger partial charge in [0, 0.05) is 36.1 Å². The van der Waals surface area contributed by atoms with Crippen molar-refractivity contribution in [2.24, 2.45) is 5.92 Å². The molecule has 4 N–H and O–H groups in total. The molecule has 9 heteroatoms. The van der Waals surface area contributed by atoms with Crippen LogP contribution in [0.2, 0.25) is 0 Å². The summed E-state index contributed by atoms with van der Waals surface area (Å²) in [4.78, 5) is 39.4. The van der Waals surface area contributed by atoms with Crippen LogP contribution in [0.15, 0.2) is 78.9 Å². The van der Waals surface area contributed by atoms with Gasteiger partial charge in [-0.15, -0.1) is 0 Å². The number of hydrogen-bond donors (Lipinski definition) is 4. The largest absolute Gasteiger partial charge is 0.495 e. The molecule has 36 heavy (non-hydrogen) atoms. The second-order valence-electron chi connectivity index (χ2n) is 8.41. The molecule has 5 amide bonds. The topological polar surface area (TPSA) is 112 Å². The van der Waals surface area contributed by atoms with Crippen molar-refractivity contribution in [3.63, 3.8) is 0 Å². The van der Waals surface area contributed by atoms with Crippen LogP contribution in [0, 0.1) is 5.92 Å². The standard InChI is InChI=1S/C27H29N5O4/c1-36-24-13-6-5-12-23(24)31-25(33)19-14-16-32(17-15-19)27(35)30-22-11-7-10-21(18-22)29-26(34)28-20-8-3-2-4-9-20/h2-13,18-19H,14-17H2,1H3,(H,30,35)(H,31,33)(H2,28,29,34). The van der Waals surface area contributed by atoms with Gasteiger partial charge in [-0.3, -0.25) is 4.79 Å². The third-order valence-electron chi connectivity index (χ3n) is 5.92. The molecule has 1 saturated heterocycles. The number of carbonyl (C=O) groups excluding carboxylic acids is 3. The van der Waals surface area contributed by atoms with Crippen LogP contribution in [-0.2, 0) is 4.79 Å². The van der Waals surface area contributed by atoms with E-state index >= 15 is 0 Å².